The van der Waals surface area contributed by atoms with Gasteiger partial charge < -0.3 is 10.6 Å². The number of piperidine rings is 1. The minimum absolute atomic E-state index is 0.447. The summed E-state index contributed by atoms with van der Waals surface area (Å²) in [7, 11) is 0. The van der Waals surface area contributed by atoms with Gasteiger partial charge in [0.05, 0.1) is 22.9 Å². The van der Waals surface area contributed by atoms with Gasteiger partial charge in [0.15, 0.2) is 0 Å². The van der Waals surface area contributed by atoms with Gasteiger partial charge >= 0.3 is 0 Å². The molecule has 1 fully saturated rings. The summed E-state index contributed by atoms with van der Waals surface area (Å²) in [5, 5.41) is 3.87. The van der Waals surface area contributed by atoms with Gasteiger partial charge in [-0.3, -0.25) is 4.98 Å². The Bertz CT molecular complexity index is 1150. The van der Waals surface area contributed by atoms with Crippen molar-refractivity contribution >= 4 is 27.9 Å². The molecule has 5 rings (SSSR count). The standard InChI is InChI=1S/C22H20FN5S/c23-16-7-10-28(13-17(16)24)21-6-8-25-19-5-4-14(12-15(19)21)18-2-1-3-20(27-18)22-26-9-11-29-22/h1-6,8-9,11-12,16-17H,7,10,13,24H2/t16-,17-/m1/s1. The van der Waals surface area contributed by atoms with Gasteiger partial charge in [0, 0.05) is 47.5 Å². The average molecular weight is 406 g/mol. The Labute approximate surface area is 172 Å². The van der Waals surface area contributed by atoms with E-state index < -0.39 is 12.2 Å². The monoisotopic (exact) mass is 405 g/mol. The van der Waals surface area contributed by atoms with Crippen molar-refractivity contribution in [2.45, 2.75) is 18.6 Å². The lowest BCUT2D eigenvalue weighted by Gasteiger charge is -2.35. The van der Waals surface area contributed by atoms with E-state index in [0.717, 1.165) is 38.5 Å². The molecule has 0 unspecified atom stereocenters. The predicted molar refractivity (Wildman–Crippen MR) is 116 cm³/mol. The zero-order chi connectivity index (χ0) is 19.8. The second-order valence-electron chi connectivity index (χ2n) is 7.22. The zero-order valence-electron chi connectivity index (χ0n) is 15.7. The number of alkyl halides is 1. The molecule has 29 heavy (non-hydrogen) atoms. The lowest BCUT2D eigenvalue weighted by Crippen LogP contribution is -2.49. The summed E-state index contributed by atoms with van der Waals surface area (Å²) in [6.45, 7) is 1.15. The maximum absolute atomic E-state index is 13.8. The number of pyridine rings is 2. The van der Waals surface area contributed by atoms with E-state index in [0.29, 0.717) is 19.5 Å². The molecule has 4 aromatic rings. The molecule has 1 saturated heterocycles. The highest BCUT2D eigenvalue weighted by atomic mass is 32.1. The van der Waals surface area contributed by atoms with Gasteiger partial charge in [-0.05, 0) is 36.8 Å². The minimum Gasteiger partial charge on any atom is -0.369 e. The first-order chi connectivity index (χ1) is 14.2. The summed E-state index contributed by atoms with van der Waals surface area (Å²) in [5.41, 5.74) is 10.7. The summed E-state index contributed by atoms with van der Waals surface area (Å²) >= 11 is 1.57. The van der Waals surface area contributed by atoms with Crippen molar-refractivity contribution in [1.29, 1.82) is 0 Å². The fraction of sp³-hybridized carbons (Fsp3) is 0.227. The van der Waals surface area contributed by atoms with Gasteiger partial charge in [-0.15, -0.1) is 11.3 Å². The first-order valence-electron chi connectivity index (χ1n) is 9.60. The Morgan fingerprint density at radius 3 is 2.79 bits per heavy atom. The van der Waals surface area contributed by atoms with Crippen LogP contribution >= 0.6 is 11.3 Å². The van der Waals surface area contributed by atoms with E-state index in [1.165, 1.54) is 0 Å². The molecule has 1 aromatic carbocycles. The molecule has 0 spiro atoms. The summed E-state index contributed by atoms with van der Waals surface area (Å²) < 4.78 is 13.8. The molecule has 5 nitrogen and oxygen atoms in total. The molecule has 7 heteroatoms. The van der Waals surface area contributed by atoms with Crippen LogP contribution in [0.1, 0.15) is 6.42 Å². The van der Waals surface area contributed by atoms with Gasteiger partial charge in [-0.1, -0.05) is 12.1 Å². The van der Waals surface area contributed by atoms with Crippen LogP contribution in [0.25, 0.3) is 32.9 Å². The topological polar surface area (TPSA) is 67.9 Å². The maximum atomic E-state index is 13.8. The fourth-order valence-corrected chi connectivity index (χ4v) is 4.41. The molecule has 0 radical (unpaired) electrons. The molecule has 1 aliphatic rings. The molecule has 2 N–H and O–H groups in total. The Balaban J connectivity index is 1.56. The highest BCUT2D eigenvalue weighted by molar-refractivity contribution is 7.13. The van der Waals surface area contributed by atoms with Gasteiger partial charge in [-0.2, -0.15) is 0 Å². The molecule has 1 aliphatic heterocycles. The van der Waals surface area contributed by atoms with Gasteiger partial charge in [0.25, 0.3) is 0 Å². The molecular formula is C22H20FN5S. The van der Waals surface area contributed by atoms with E-state index in [1.807, 2.05) is 41.8 Å². The van der Waals surface area contributed by atoms with Crippen molar-refractivity contribution in [3.05, 3.63) is 60.2 Å². The number of benzene rings is 1. The third-order valence-electron chi connectivity index (χ3n) is 5.33. The predicted octanol–water partition coefficient (Wildman–Crippen LogP) is 4.30. The average Bonchev–Trinajstić information content (AvgIpc) is 3.30. The molecule has 2 atom stereocenters. The van der Waals surface area contributed by atoms with Crippen LogP contribution in [0.2, 0.25) is 0 Å². The second-order valence-corrected chi connectivity index (χ2v) is 8.12. The van der Waals surface area contributed by atoms with E-state index in [4.69, 9.17) is 10.7 Å². The van der Waals surface area contributed by atoms with E-state index in [-0.39, 0.29) is 0 Å². The Kier molecular flexibility index (Phi) is 4.69. The highest BCUT2D eigenvalue weighted by Crippen LogP contribution is 2.32. The number of thiazole rings is 1. The van der Waals surface area contributed by atoms with Crippen molar-refractivity contribution in [2.24, 2.45) is 5.73 Å². The quantitative estimate of drug-likeness (QED) is 0.551. The number of fused-ring (bicyclic) bond motifs is 1. The first-order valence-corrected chi connectivity index (χ1v) is 10.5. The summed E-state index contributed by atoms with van der Waals surface area (Å²) in [6, 6.07) is 13.6. The van der Waals surface area contributed by atoms with Crippen LogP contribution in [0, 0.1) is 0 Å². The summed E-state index contributed by atoms with van der Waals surface area (Å²) in [6.07, 6.45) is 3.09. The van der Waals surface area contributed by atoms with Crippen LogP contribution in [0.15, 0.2) is 60.2 Å². The van der Waals surface area contributed by atoms with Crippen LogP contribution in [-0.4, -0.2) is 40.3 Å². The van der Waals surface area contributed by atoms with Crippen LogP contribution in [0.3, 0.4) is 0 Å². The molecular weight excluding hydrogens is 385 g/mol. The molecule has 146 valence electrons. The lowest BCUT2D eigenvalue weighted by molar-refractivity contribution is 0.245. The van der Waals surface area contributed by atoms with Crippen molar-refractivity contribution in [3.63, 3.8) is 0 Å². The first kappa shape index (κ1) is 18.1. The van der Waals surface area contributed by atoms with Crippen molar-refractivity contribution < 1.29 is 4.39 Å². The van der Waals surface area contributed by atoms with Crippen LogP contribution in [0.5, 0.6) is 0 Å². The Hall–Kier alpha value is -2.90. The minimum atomic E-state index is -0.937. The summed E-state index contributed by atoms with van der Waals surface area (Å²) in [4.78, 5) is 15.8. The van der Waals surface area contributed by atoms with Gasteiger partial charge in [0.2, 0.25) is 0 Å². The number of nitrogens with zero attached hydrogens (tertiary/aromatic N) is 4. The van der Waals surface area contributed by atoms with E-state index >= 15 is 0 Å². The number of nitrogens with two attached hydrogens (primary N) is 1. The largest absolute Gasteiger partial charge is 0.369 e. The van der Waals surface area contributed by atoms with E-state index in [9.17, 15) is 4.39 Å². The van der Waals surface area contributed by atoms with Gasteiger partial charge in [0.1, 0.15) is 11.2 Å². The molecule has 0 amide bonds. The van der Waals surface area contributed by atoms with Crippen LogP contribution in [-0.2, 0) is 0 Å². The van der Waals surface area contributed by atoms with E-state index in [2.05, 4.69) is 20.9 Å². The SMILES string of the molecule is N[C@@H]1CN(c2ccnc3ccc(-c4cccc(-c5nccs5)n4)cc23)CC[C@H]1F. The molecule has 0 saturated carbocycles. The molecule has 4 heterocycles. The van der Waals surface area contributed by atoms with Crippen molar-refractivity contribution in [1.82, 2.24) is 15.0 Å². The number of aromatic nitrogens is 3. The highest BCUT2D eigenvalue weighted by Gasteiger charge is 2.27. The normalized spacial score (nSPS) is 19.6. The van der Waals surface area contributed by atoms with Crippen molar-refractivity contribution in [3.8, 4) is 22.0 Å². The second kappa shape index (κ2) is 7.50. The summed E-state index contributed by atoms with van der Waals surface area (Å²) in [5.74, 6) is 0. The lowest BCUT2D eigenvalue weighted by atomic mass is 10.0. The number of rotatable bonds is 3. The number of hydrogen-bond acceptors (Lipinski definition) is 6. The number of anilines is 1. The smallest absolute Gasteiger partial charge is 0.141 e. The van der Waals surface area contributed by atoms with Crippen molar-refractivity contribution in [2.75, 3.05) is 18.0 Å². The molecule has 0 aliphatic carbocycles. The zero-order valence-corrected chi connectivity index (χ0v) is 16.5. The fourth-order valence-electron chi connectivity index (χ4n) is 3.80. The van der Waals surface area contributed by atoms with Crippen LogP contribution in [0.4, 0.5) is 10.1 Å². The Morgan fingerprint density at radius 2 is 1.97 bits per heavy atom. The van der Waals surface area contributed by atoms with Crippen LogP contribution < -0.4 is 10.6 Å². The van der Waals surface area contributed by atoms with E-state index in [1.54, 1.807) is 23.7 Å². The third-order valence-corrected chi connectivity index (χ3v) is 6.12. The molecule has 3 aromatic heterocycles. The number of hydrogen-bond donors (Lipinski definition) is 1. The molecule has 0 bridgehead atoms. The number of halogens is 1. The Morgan fingerprint density at radius 1 is 1.07 bits per heavy atom. The van der Waals surface area contributed by atoms with Gasteiger partial charge in [-0.25, -0.2) is 14.4 Å². The maximum Gasteiger partial charge on any atom is 0.141 e. The third kappa shape index (κ3) is 3.47.